The molecule has 1 aliphatic heterocycles. The van der Waals surface area contributed by atoms with Gasteiger partial charge < -0.3 is 15.7 Å². The zero-order valence-electron chi connectivity index (χ0n) is 10.7. The van der Waals surface area contributed by atoms with Crippen molar-refractivity contribution in [2.45, 2.75) is 63.0 Å². The first kappa shape index (κ1) is 12.8. The van der Waals surface area contributed by atoms with E-state index in [1.165, 1.54) is 6.42 Å². The fourth-order valence-corrected chi connectivity index (χ4v) is 3.00. The van der Waals surface area contributed by atoms with Crippen LogP contribution in [0.15, 0.2) is 0 Å². The number of aliphatic hydroxyl groups is 1. The minimum atomic E-state index is -0.704. The molecule has 2 aliphatic rings. The van der Waals surface area contributed by atoms with Crippen LogP contribution in [0.4, 0.5) is 0 Å². The van der Waals surface area contributed by atoms with E-state index >= 15 is 0 Å². The monoisotopic (exact) mass is 240 g/mol. The van der Waals surface area contributed by atoms with Crippen molar-refractivity contribution >= 4 is 5.91 Å². The lowest BCUT2D eigenvalue weighted by atomic mass is 9.80. The van der Waals surface area contributed by atoms with Gasteiger partial charge in [0.2, 0.25) is 5.91 Å². The SMILES string of the molecule is CC1(O)CCN(C(=O)CC2(N)CCCCC2)C1. The van der Waals surface area contributed by atoms with Crippen molar-refractivity contribution in [3.63, 3.8) is 0 Å². The van der Waals surface area contributed by atoms with Crippen LogP contribution in [-0.4, -0.2) is 40.1 Å². The van der Waals surface area contributed by atoms with Crippen LogP contribution < -0.4 is 5.73 Å². The molecule has 0 bridgehead atoms. The van der Waals surface area contributed by atoms with Crippen molar-refractivity contribution in [1.29, 1.82) is 0 Å². The Morgan fingerprint density at radius 3 is 2.47 bits per heavy atom. The number of amides is 1. The topological polar surface area (TPSA) is 66.6 Å². The van der Waals surface area contributed by atoms with Crippen LogP contribution in [0.25, 0.3) is 0 Å². The summed E-state index contributed by atoms with van der Waals surface area (Å²) in [6.07, 6.45) is 6.57. The van der Waals surface area contributed by atoms with Crippen molar-refractivity contribution in [3.05, 3.63) is 0 Å². The lowest BCUT2D eigenvalue weighted by molar-refractivity contribution is -0.132. The van der Waals surface area contributed by atoms with E-state index in [9.17, 15) is 9.90 Å². The van der Waals surface area contributed by atoms with E-state index in [0.29, 0.717) is 25.9 Å². The fourth-order valence-electron chi connectivity index (χ4n) is 3.00. The summed E-state index contributed by atoms with van der Waals surface area (Å²) in [6.45, 7) is 2.92. The average molecular weight is 240 g/mol. The molecule has 2 fully saturated rings. The van der Waals surface area contributed by atoms with Crippen molar-refractivity contribution in [1.82, 2.24) is 4.90 Å². The van der Waals surface area contributed by atoms with E-state index in [-0.39, 0.29) is 11.4 Å². The van der Waals surface area contributed by atoms with Gasteiger partial charge in [0.05, 0.1) is 5.60 Å². The number of carbonyl (C=O) groups is 1. The van der Waals surface area contributed by atoms with Crippen molar-refractivity contribution in [2.24, 2.45) is 5.73 Å². The summed E-state index contributed by atoms with van der Waals surface area (Å²) in [7, 11) is 0. The maximum absolute atomic E-state index is 12.1. The molecule has 0 spiro atoms. The van der Waals surface area contributed by atoms with E-state index in [1.807, 2.05) is 0 Å². The molecule has 0 aromatic heterocycles. The van der Waals surface area contributed by atoms with Crippen molar-refractivity contribution in [3.8, 4) is 0 Å². The minimum Gasteiger partial charge on any atom is -0.388 e. The predicted molar refractivity (Wildman–Crippen MR) is 66.4 cm³/mol. The molecule has 98 valence electrons. The van der Waals surface area contributed by atoms with E-state index in [4.69, 9.17) is 5.73 Å². The molecule has 1 atom stereocenters. The van der Waals surface area contributed by atoms with Crippen LogP contribution >= 0.6 is 0 Å². The van der Waals surface area contributed by atoms with Crippen molar-refractivity contribution in [2.75, 3.05) is 13.1 Å². The number of likely N-dealkylation sites (tertiary alicyclic amines) is 1. The van der Waals surface area contributed by atoms with Gasteiger partial charge in [-0.2, -0.15) is 0 Å². The summed E-state index contributed by atoms with van der Waals surface area (Å²) in [5.41, 5.74) is 5.29. The average Bonchev–Trinajstić information content (AvgIpc) is 2.59. The number of hydrogen-bond donors (Lipinski definition) is 2. The van der Waals surface area contributed by atoms with Crippen LogP contribution in [0.3, 0.4) is 0 Å². The number of nitrogens with zero attached hydrogens (tertiary/aromatic N) is 1. The summed E-state index contributed by atoms with van der Waals surface area (Å²) in [5.74, 6) is 0.118. The summed E-state index contributed by atoms with van der Waals surface area (Å²) in [6, 6.07) is 0. The third kappa shape index (κ3) is 3.19. The molecule has 4 heteroatoms. The highest BCUT2D eigenvalue weighted by atomic mass is 16.3. The smallest absolute Gasteiger partial charge is 0.224 e. The lowest BCUT2D eigenvalue weighted by Gasteiger charge is -2.34. The molecule has 1 heterocycles. The first-order chi connectivity index (χ1) is 7.90. The number of nitrogens with two attached hydrogens (primary N) is 1. The molecule has 1 saturated carbocycles. The molecule has 0 aromatic carbocycles. The third-order valence-electron chi connectivity index (χ3n) is 4.16. The normalized spacial score (nSPS) is 32.8. The molecule has 1 saturated heterocycles. The standard InChI is InChI=1S/C13H24N2O2/c1-12(17)7-8-15(10-12)11(16)9-13(14)5-3-2-4-6-13/h17H,2-10,14H2,1H3. The van der Waals surface area contributed by atoms with Gasteiger partial charge in [-0.1, -0.05) is 19.3 Å². The predicted octanol–water partition coefficient (Wildman–Crippen LogP) is 1.02. The molecule has 1 amide bonds. The second kappa shape index (κ2) is 4.58. The summed E-state index contributed by atoms with van der Waals surface area (Å²) < 4.78 is 0. The van der Waals surface area contributed by atoms with Gasteiger partial charge in [0.25, 0.3) is 0 Å². The Balaban J connectivity index is 1.88. The largest absolute Gasteiger partial charge is 0.388 e. The minimum absolute atomic E-state index is 0.118. The quantitative estimate of drug-likeness (QED) is 0.757. The van der Waals surface area contributed by atoms with Gasteiger partial charge in [-0.05, 0) is 26.2 Å². The van der Waals surface area contributed by atoms with Crippen LogP contribution in [0.5, 0.6) is 0 Å². The first-order valence-electron chi connectivity index (χ1n) is 6.69. The molecule has 1 unspecified atom stereocenters. The highest BCUT2D eigenvalue weighted by molar-refractivity contribution is 5.78. The molecule has 0 radical (unpaired) electrons. The Morgan fingerprint density at radius 1 is 1.29 bits per heavy atom. The molecule has 3 N–H and O–H groups in total. The molecular weight excluding hydrogens is 216 g/mol. The van der Waals surface area contributed by atoms with E-state index in [1.54, 1.807) is 11.8 Å². The second-order valence-electron chi connectivity index (χ2n) is 6.16. The van der Waals surface area contributed by atoms with Gasteiger partial charge in [-0.25, -0.2) is 0 Å². The Morgan fingerprint density at radius 2 is 1.94 bits per heavy atom. The van der Waals surface area contributed by atoms with Crippen LogP contribution in [0.2, 0.25) is 0 Å². The Bertz CT molecular complexity index is 296. The zero-order valence-corrected chi connectivity index (χ0v) is 10.7. The molecule has 0 aromatic rings. The number of β-amino-alcohol motifs (C(OH)–C–C–N with tert-alkyl or cyclic N) is 1. The van der Waals surface area contributed by atoms with E-state index in [2.05, 4.69) is 0 Å². The van der Waals surface area contributed by atoms with Gasteiger partial charge in [0.1, 0.15) is 0 Å². The van der Waals surface area contributed by atoms with Crippen LogP contribution in [0.1, 0.15) is 51.9 Å². The highest BCUT2D eigenvalue weighted by Crippen LogP contribution is 2.30. The molecule has 1 aliphatic carbocycles. The highest BCUT2D eigenvalue weighted by Gasteiger charge is 2.37. The maximum atomic E-state index is 12.1. The van der Waals surface area contributed by atoms with Crippen LogP contribution in [-0.2, 0) is 4.79 Å². The van der Waals surface area contributed by atoms with Gasteiger partial charge in [0.15, 0.2) is 0 Å². The van der Waals surface area contributed by atoms with Gasteiger partial charge in [-0.15, -0.1) is 0 Å². The summed E-state index contributed by atoms with van der Waals surface area (Å²) in [5, 5.41) is 9.86. The Kier molecular flexibility index (Phi) is 3.46. The maximum Gasteiger partial charge on any atom is 0.224 e. The second-order valence-corrected chi connectivity index (χ2v) is 6.16. The number of carbonyl (C=O) groups excluding carboxylic acids is 1. The van der Waals surface area contributed by atoms with Crippen LogP contribution in [0, 0.1) is 0 Å². The summed E-state index contributed by atoms with van der Waals surface area (Å²) >= 11 is 0. The Labute approximate surface area is 103 Å². The molecule has 17 heavy (non-hydrogen) atoms. The van der Waals surface area contributed by atoms with Crippen molar-refractivity contribution < 1.29 is 9.90 Å². The first-order valence-corrected chi connectivity index (χ1v) is 6.69. The molecular formula is C13H24N2O2. The third-order valence-corrected chi connectivity index (χ3v) is 4.16. The number of hydrogen-bond acceptors (Lipinski definition) is 3. The zero-order chi connectivity index (χ0) is 12.5. The van der Waals surface area contributed by atoms with Gasteiger partial charge in [0, 0.05) is 25.0 Å². The molecule has 4 nitrogen and oxygen atoms in total. The Hall–Kier alpha value is -0.610. The fraction of sp³-hybridized carbons (Fsp3) is 0.923. The molecule has 2 rings (SSSR count). The lowest BCUT2D eigenvalue weighted by Crippen LogP contribution is -2.47. The number of rotatable bonds is 2. The van der Waals surface area contributed by atoms with E-state index in [0.717, 1.165) is 25.7 Å². The van der Waals surface area contributed by atoms with E-state index < -0.39 is 5.60 Å². The van der Waals surface area contributed by atoms with Gasteiger partial charge >= 0.3 is 0 Å². The summed E-state index contributed by atoms with van der Waals surface area (Å²) in [4.78, 5) is 13.9. The van der Waals surface area contributed by atoms with Gasteiger partial charge in [-0.3, -0.25) is 4.79 Å².